The van der Waals surface area contributed by atoms with E-state index in [1.165, 1.54) is 18.2 Å². The van der Waals surface area contributed by atoms with Crippen LogP contribution in [0.25, 0.3) is 17.2 Å². The normalized spacial score (nSPS) is 10.4. The van der Waals surface area contributed by atoms with Gasteiger partial charge in [0.1, 0.15) is 11.3 Å². The Balaban J connectivity index is 2.75. The lowest BCUT2D eigenvalue weighted by atomic mass is 10.3. The number of aromatic nitrogens is 1. The average Bonchev–Trinajstić information content (AvgIpc) is 2.46. The molecule has 0 saturated heterocycles. The van der Waals surface area contributed by atoms with Crippen molar-refractivity contribution in [2.24, 2.45) is 0 Å². The minimum Gasteiger partial charge on any atom is -0.437 e. The van der Waals surface area contributed by atoms with Crippen LogP contribution in [0, 0.1) is 5.82 Å². The molecule has 3 heteroatoms. The minimum absolute atomic E-state index is 0.325. The van der Waals surface area contributed by atoms with Crippen molar-refractivity contribution in [3.05, 3.63) is 36.5 Å². The number of benzene rings is 1. The summed E-state index contributed by atoms with van der Waals surface area (Å²) in [5, 5.41) is 0. The fraction of sp³-hybridized carbons (Fsp3) is 0. The van der Waals surface area contributed by atoms with Crippen molar-refractivity contribution in [1.82, 2.24) is 4.98 Å². The summed E-state index contributed by atoms with van der Waals surface area (Å²) in [4.78, 5) is 4.02. The zero-order valence-electron chi connectivity index (χ0n) is 6.25. The minimum atomic E-state index is -0.325. The van der Waals surface area contributed by atoms with Crippen LogP contribution >= 0.6 is 0 Å². The fourth-order valence-electron chi connectivity index (χ4n) is 1.00. The molecule has 0 fully saturated rings. The topological polar surface area (TPSA) is 26.0 Å². The maximum atomic E-state index is 12.6. The largest absolute Gasteiger partial charge is 0.437 e. The first-order valence-corrected chi connectivity index (χ1v) is 3.48. The Morgan fingerprint density at radius 2 is 2.33 bits per heavy atom. The van der Waals surface area contributed by atoms with Gasteiger partial charge < -0.3 is 4.42 Å². The van der Waals surface area contributed by atoms with Gasteiger partial charge in [-0.05, 0) is 18.2 Å². The molecule has 1 aromatic heterocycles. The van der Waals surface area contributed by atoms with E-state index in [9.17, 15) is 4.39 Å². The molecule has 1 heterocycles. The molecule has 1 aromatic carbocycles. The molecule has 2 rings (SSSR count). The molecule has 2 aromatic rings. The standard InChI is InChI=1S/C9H6FNO/c1-2-9-11-7-4-3-6(10)5-8(7)12-9/h2-5H,1H2. The van der Waals surface area contributed by atoms with Crippen molar-refractivity contribution in [2.45, 2.75) is 0 Å². The van der Waals surface area contributed by atoms with Gasteiger partial charge in [-0.25, -0.2) is 9.37 Å². The Labute approximate surface area is 68.3 Å². The molecule has 0 amide bonds. The van der Waals surface area contributed by atoms with Crippen LogP contribution in [0.2, 0.25) is 0 Å². The third kappa shape index (κ3) is 0.993. The zero-order chi connectivity index (χ0) is 8.55. The first kappa shape index (κ1) is 7.03. The number of fused-ring (bicyclic) bond motifs is 1. The van der Waals surface area contributed by atoms with Crippen LogP contribution in [0.15, 0.2) is 29.2 Å². The van der Waals surface area contributed by atoms with Crippen molar-refractivity contribution in [3.63, 3.8) is 0 Å². The fourth-order valence-corrected chi connectivity index (χ4v) is 1.00. The highest BCUT2D eigenvalue weighted by molar-refractivity contribution is 5.73. The van der Waals surface area contributed by atoms with Crippen LogP contribution in [0.4, 0.5) is 4.39 Å². The monoisotopic (exact) mass is 163 g/mol. The van der Waals surface area contributed by atoms with Crippen LogP contribution in [0.1, 0.15) is 5.89 Å². The number of hydrogen-bond acceptors (Lipinski definition) is 2. The van der Waals surface area contributed by atoms with Gasteiger partial charge in [0.05, 0.1) is 0 Å². The lowest BCUT2D eigenvalue weighted by Gasteiger charge is -1.84. The molecule has 0 saturated carbocycles. The van der Waals surface area contributed by atoms with Gasteiger partial charge in [0.25, 0.3) is 0 Å². The Kier molecular flexibility index (Phi) is 1.43. The van der Waals surface area contributed by atoms with Gasteiger partial charge in [0.2, 0.25) is 5.89 Å². The second-order valence-corrected chi connectivity index (χ2v) is 2.37. The predicted molar refractivity (Wildman–Crippen MR) is 44.1 cm³/mol. The molecule has 2 nitrogen and oxygen atoms in total. The maximum absolute atomic E-state index is 12.6. The first-order valence-electron chi connectivity index (χ1n) is 3.48. The van der Waals surface area contributed by atoms with Gasteiger partial charge in [0, 0.05) is 6.07 Å². The van der Waals surface area contributed by atoms with E-state index in [1.807, 2.05) is 0 Å². The Morgan fingerprint density at radius 3 is 3.08 bits per heavy atom. The van der Waals surface area contributed by atoms with Crippen LogP contribution in [0.5, 0.6) is 0 Å². The highest BCUT2D eigenvalue weighted by Crippen LogP contribution is 2.16. The number of oxazole rings is 1. The van der Waals surface area contributed by atoms with E-state index in [2.05, 4.69) is 11.6 Å². The molecule has 0 atom stereocenters. The highest BCUT2D eigenvalue weighted by atomic mass is 19.1. The molecule has 0 aliphatic heterocycles. The molecular formula is C9H6FNO. The summed E-state index contributed by atoms with van der Waals surface area (Å²) in [6, 6.07) is 4.22. The van der Waals surface area contributed by atoms with Crippen LogP contribution in [0.3, 0.4) is 0 Å². The molecule has 12 heavy (non-hydrogen) atoms. The van der Waals surface area contributed by atoms with E-state index < -0.39 is 0 Å². The third-order valence-corrected chi connectivity index (χ3v) is 1.54. The molecule has 0 spiro atoms. The molecular weight excluding hydrogens is 157 g/mol. The molecule has 0 aliphatic carbocycles. The second kappa shape index (κ2) is 2.44. The highest BCUT2D eigenvalue weighted by Gasteiger charge is 2.02. The number of halogens is 1. The lowest BCUT2D eigenvalue weighted by Crippen LogP contribution is -1.71. The van der Waals surface area contributed by atoms with Crippen LogP contribution < -0.4 is 0 Å². The van der Waals surface area contributed by atoms with Crippen molar-refractivity contribution in [1.29, 1.82) is 0 Å². The van der Waals surface area contributed by atoms with Crippen molar-refractivity contribution in [2.75, 3.05) is 0 Å². The van der Waals surface area contributed by atoms with Crippen LogP contribution in [-0.4, -0.2) is 4.98 Å². The van der Waals surface area contributed by atoms with Gasteiger partial charge in [-0.3, -0.25) is 0 Å². The summed E-state index contributed by atoms with van der Waals surface area (Å²) in [6.45, 7) is 3.50. The lowest BCUT2D eigenvalue weighted by molar-refractivity contribution is 0.580. The second-order valence-electron chi connectivity index (χ2n) is 2.37. The van der Waals surface area contributed by atoms with Crippen LogP contribution in [-0.2, 0) is 0 Å². The maximum Gasteiger partial charge on any atom is 0.219 e. The summed E-state index contributed by atoms with van der Waals surface area (Å²) in [6.07, 6.45) is 1.48. The molecule has 0 N–H and O–H groups in total. The molecule has 0 unspecified atom stereocenters. The quantitative estimate of drug-likeness (QED) is 0.645. The number of rotatable bonds is 1. The molecule has 0 radical (unpaired) electrons. The predicted octanol–water partition coefficient (Wildman–Crippen LogP) is 2.61. The summed E-state index contributed by atoms with van der Waals surface area (Å²) >= 11 is 0. The molecule has 0 aliphatic rings. The summed E-state index contributed by atoms with van der Waals surface area (Å²) in [5.74, 6) is 0.0878. The SMILES string of the molecule is C=Cc1nc2ccc(F)cc2o1. The smallest absolute Gasteiger partial charge is 0.219 e. The Bertz CT molecular complexity index is 433. The first-order chi connectivity index (χ1) is 5.79. The molecule has 60 valence electrons. The Hall–Kier alpha value is -1.64. The van der Waals surface area contributed by atoms with E-state index in [-0.39, 0.29) is 5.82 Å². The van der Waals surface area contributed by atoms with E-state index in [0.717, 1.165) is 0 Å². The van der Waals surface area contributed by atoms with Gasteiger partial charge in [0.15, 0.2) is 5.58 Å². The van der Waals surface area contributed by atoms with Crippen molar-refractivity contribution >= 4 is 17.2 Å². The molecule has 0 bridgehead atoms. The van der Waals surface area contributed by atoms with Crippen molar-refractivity contribution in [3.8, 4) is 0 Å². The Morgan fingerprint density at radius 1 is 1.50 bits per heavy atom. The van der Waals surface area contributed by atoms with Gasteiger partial charge in [-0.1, -0.05) is 6.58 Å². The van der Waals surface area contributed by atoms with E-state index >= 15 is 0 Å². The number of nitrogens with zero attached hydrogens (tertiary/aromatic N) is 1. The van der Waals surface area contributed by atoms with E-state index in [1.54, 1.807) is 6.07 Å². The van der Waals surface area contributed by atoms with Gasteiger partial charge in [-0.15, -0.1) is 0 Å². The van der Waals surface area contributed by atoms with E-state index in [0.29, 0.717) is 17.0 Å². The average molecular weight is 163 g/mol. The summed E-state index contributed by atoms with van der Waals surface area (Å²) in [7, 11) is 0. The third-order valence-electron chi connectivity index (χ3n) is 1.54. The zero-order valence-corrected chi connectivity index (χ0v) is 6.25. The van der Waals surface area contributed by atoms with Gasteiger partial charge in [-0.2, -0.15) is 0 Å². The summed E-state index contributed by atoms with van der Waals surface area (Å²) in [5.41, 5.74) is 1.09. The number of hydrogen-bond donors (Lipinski definition) is 0. The van der Waals surface area contributed by atoms with Gasteiger partial charge >= 0.3 is 0 Å². The van der Waals surface area contributed by atoms with E-state index in [4.69, 9.17) is 4.42 Å². The summed E-state index contributed by atoms with van der Waals surface area (Å²) < 4.78 is 17.8. The van der Waals surface area contributed by atoms with Crippen molar-refractivity contribution < 1.29 is 8.81 Å².